The first-order valence-corrected chi connectivity index (χ1v) is 6.76. The third kappa shape index (κ3) is 2.54. The third-order valence-electron chi connectivity index (χ3n) is 4.16. The van der Waals surface area contributed by atoms with E-state index in [2.05, 4.69) is 11.8 Å². The summed E-state index contributed by atoms with van der Waals surface area (Å²) >= 11 is 0. The second kappa shape index (κ2) is 5.31. The Morgan fingerprint density at radius 1 is 1.13 bits per heavy atom. The van der Waals surface area contributed by atoms with E-state index in [0.717, 1.165) is 12.5 Å². The molecule has 2 nitrogen and oxygen atoms in total. The van der Waals surface area contributed by atoms with Gasteiger partial charge in [-0.1, -0.05) is 19.8 Å². The fraction of sp³-hybridized carbons (Fsp3) is 1.00. The molecule has 2 aliphatic rings. The zero-order valence-corrected chi connectivity index (χ0v) is 9.99. The molecule has 2 fully saturated rings. The molecule has 1 aliphatic heterocycles. The van der Waals surface area contributed by atoms with Crippen LogP contribution in [0.5, 0.6) is 0 Å². The minimum Gasteiger partial charge on any atom is -0.391 e. The van der Waals surface area contributed by atoms with Crippen LogP contribution in [0.25, 0.3) is 0 Å². The monoisotopic (exact) mass is 211 g/mol. The Kier molecular flexibility index (Phi) is 4.04. The fourth-order valence-corrected chi connectivity index (χ4v) is 3.41. The van der Waals surface area contributed by atoms with E-state index < -0.39 is 0 Å². The molecule has 0 amide bonds. The van der Waals surface area contributed by atoms with Crippen molar-refractivity contribution >= 4 is 0 Å². The summed E-state index contributed by atoms with van der Waals surface area (Å²) in [5.41, 5.74) is 0. The van der Waals surface area contributed by atoms with E-state index in [-0.39, 0.29) is 6.10 Å². The number of nitrogens with zero attached hydrogens (tertiary/aromatic N) is 1. The van der Waals surface area contributed by atoms with Crippen molar-refractivity contribution in [2.24, 2.45) is 0 Å². The van der Waals surface area contributed by atoms with Crippen molar-refractivity contribution in [3.8, 4) is 0 Å². The molecule has 2 rings (SSSR count). The lowest BCUT2D eigenvalue weighted by atomic mass is 9.95. The Bertz CT molecular complexity index is 193. The highest BCUT2D eigenvalue weighted by molar-refractivity contribution is 4.90. The van der Waals surface area contributed by atoms with Gasteiger partial charge >= 0.3 is 0 Å². The second-order valence-corrected chi connectivity index (χ2v) is 5.24. The van der Waals surface area contributed by atoms with Crippen LogP contribution in [0.1, 0.15) is 58.3 Å². The van der Waals surface area contributed by atoms with E-state index in [4.69, 9.17) is 0 Å². The Labute approximate surface area is 93.7 Å². The number of rotatable bonds is 3. The number of likely N-dealkylation sites (tertiary alicyclic amines) is 1. The van der Waals surface area contributed by atoms with Crippen LogP contribution in [-0.2, 0) is 0 Å². The Morgan fingerprint density at radius 3 is 2.67 bits per heavy atom. The van der Waals surface area contributed by atoms with Crippen molar-refractivity contribution < 1.29 is 5.11 Å². The van der Waals surface area contributed by atoms with Gasteiger partial charge in [0, 0.05) is 12.1 Å². The number of piperidine rings is 1. The molecule has 1 saturated heterocycles. The van der Waals surface area contributed by atoms with Gasteiger partial charge in [-0.2, -0.15) is 0 Å². The van der Waals surface area contributed by atoms with E-state index in [0.29, 0.717) is 6.04 Å². The molecule has 0 radical (unpaired) electrons. The Hall–Kier alpha value is -0.0800. The SMILES string of the molecule is CCCC1CCCCN1C1CCCC1O. The van der Waals surface area contributed by atoms with Gasteiger partial charge in [0.1, 0.15) is 0 Å². The molecule has 0 aromatic carbocycles. The molecular formula is C13H25NO. The van der Waals surface area contributed by atoms with Crippen LogP contribution in [0.3, 0.4) is 0 Å². The number of hydrogen-bond acceptors (Lipinski definition) is 2. The largest absolute Gasteiger partial charge is 0.391 e. The molecule has 3 atom stereocenters. The maximum Gasteiger partial charge on any atom is 0.0695 e. The van der Waals surface area contributed by atoms with Crippen LogP contribution in [0.4, 0.5) is 0 Å². The minimum atomic E-state index is -0.0394. The zero-order valence-electron chi connectivity index (χ0n) is 9.99. The summed E-state index contributed by atoms with van der Waals surface area (Å²) in [5.74, 6) is 0. The van der Waals surface area contributed by atoms with Gasteiger partial charge in [-0.25, -0.2) is 0 Å². The predicted molar refractivity (Wildman–Crippen MR) is 62.9 cm³/mol. The van der Waals surface area contributed by atoms with Gasteiger partial charge in [0.15, 0.2) is 0 Å². The van der Waals surface area contributed by atoms with Crippen LogP contribution < -0.4 is 0 Å². The maximum atomic E-state index is 9.99. The summed E-state index contributed by atoms with van der Waals surface area (Å²) < 4.78 is 0. The zero-order chi connectivity index (χ0) is 10.7. The van der Waals surface area contributed by atoms with Crippen molar-refractivity contribution in [1.82, 2.24) is 4.90 Å². The highest BCUT2D eigenvalue weighted by Gasteiger charge is 2.35. The summed E-state index contributed by atoms with van der Waals surface area (Å²) in [5, 5.41) is 9.99. The van der Waals surface area contributed by atoms with Gasteiger partial charge in [0.2, 0.25) is 0 Å². The third-order valence-corrected chi connectivity index (χ3v) is 4.16. The lowest BCUT2D eigenvalue weighted by molar-refractivity contribution is 0.0219. The molecule has 1 N–H and O–H groups in total. The summed E-state index contributed by atoms with van der Waals surface area (Å²) in [6, 6.07) is 1.25. The topological polar surface area (TPSA) is 23.5 Å². The molecule has 15 heavy (non-hydrogen) atoms. The molecule has 3 unspecified atom stereocenters. The molecule has 0 aromatic heterocycles. The molecule has 88 valence electrons. The van der Waals surface area contributed by atoms with E-state index in [9.17, 15) is 5.11 Å². The molecule has 1 aliphatic carbocycles. The van der Waals surface area contributed by atoms with Gasteiger partial charge in [0.05, 0.1) is 6.10 Å². The number of aliphatic hydroxyl groups is 1. The van der Waals surface area contributed by atoms with Crippen molar-refractivity contribution in [3.63, 3.8) is 0 Å². The van der Waals surface area contributed by atoms with Crippen LogP contribution in [0, 0.1) is 0 Å². The molecule has 1 saturated carbocycles. The minimum absolute atomic E-state index is 0.0394. The van der Waals surface area contributed by atoms with E-state index >= 15 is 0 Å². The lowest BCUT2D eigenvalue weighted by Crippen LogP contribution is -2.49. The second-order valence-electron chi connectivity index (χ2n) is 5.24. The molecule has 0 aromatic rings. The van der Waals surface area contributed by atoms with Gasteiger partial charge < -0.3 is 5.11 Å². The molecular weight excluding hydrogens is 186 g/mol. The van der Waals surface area contributed by atoms with Crippen LogP contribution in [0.2, 0.25) is 0 Å². The van der Waals surface area contributed by atoms with Gasteiger partial charge in [-0.05, 0) is 45.1 Å². The summed E-state index contributed by atoms with van der Waals surface area (Å²) in [7, 11) is 0. The fourth-order valence-electron chi connectivity index (χ4n) is 3.41. The van der Waals surface area contributed by atoms with Crippen molar-refractivity contribution in [2.75, 3.05) is 6.54 Å². The number of aliphatic hydroxyl groups excluding tert-OH is 1. The predicted octanol–water partition coefficient (Wildman–Crippen LogP) is 2.55. The first-order valence-electron chi connectivity index (χ1n) is 6.76. The standard InChI is InChI=1S/C13H25NO/c1-2-6-11-7-3-4-10-14(11)12-8-5-9-13(12)15/h11-13,15H,2-10H2,1H3. The quantitative estimate of drug-likeness (QED) is 0.775. The highest BCUT2D eigenvalue weighted by atomic mass is 16.3. The van der Waals surface area contributed by atoms with Gasteiger partial charge in [0.25, 0.3) is 0 Å². The summed E-state index contributed by atoms with van der Waals surface area (Å²) in [6.45, 7) is 3.50. The number of hydrogen-bond donors (Lipinski definition) is 1. The first kappa shape index (κ1) is 11.4. The highest BCUT2D eigenvalue weighted by Crippen LogP contribution is 2.31. The van der Waals surface area contributed by atoms with Crippen LogP contribution >= 0.6 is 0 Å². The summed E-state index contributed by atoms with van der Waals surface area (Å²) in [6.07, 6.45) is 10.1. The average molecular weight is 211 g/mol. The molecule has 0 spiro atoms. The smallest absolute Gasteiger partial charge is 0.0695 e. The summed E-state index contributed by atoms with van der Waals surface area (Å²) in [4.78, 5) is 2.63. The molecule has 2 heteroatoms. The van der Waals surface area contributed by atoms with Gasteiger partial charge in [-0.15, -0.1) is 0 Å². The van der Waals surface area contributed by atoms with Gasteiger partial charge in [-0.3, -0.25) is 4.90 Å². The van der Waals surface area contributed by atoms with Crippen molar-refractivity contribution in [1.29, 1.82) is 0 Å². The van der Waals surface area contributed by atoms with Crippen LogP contribution in [0.15, 0.2) is 0 Å². The van der Waals surface area contributed by atoms with E-state index in [1.165, 1.54) is 51.5 Å². The van der Waals surface area contributed by atoms with Crippen molar-refractivity contribution in [3.05, 3.63) is 0 Å². The van der Waals surface area contributed by atoms with E-state index in [1.807, 2.05) is 0 Å². The molecule has 1 heterocycles. The maximum absolute atomic E-state index is 9.99. The van der Waals surface area contributed by atoms with Crippen molar-refractivity contribution in [2.45, 2.75) is 76.5 Å². The lowest BCUT2D eigenvalue weighted by Gasteiger charge is -2.41. The first-order chi connectivity index (χ1) is 7.33. The Morgan fingerprint density at radius 2 is 2.00 bits per heavy atom. The van der Waals surface area contributed by atoms with E-state index in [1.54, 1.807) is 0 Å². The molecule has 0 bridgehead atoms. The van der Waals surface area contributed by atoms with Crippen LogP contribution in [-0.4, -0.2) is 34.7 Å². The normalized spacial score (nSPS) is 38.4. The average Bonchev–Trinajstić information content (AvgIpc) is 2.66. The Balaban J connectivity index is 1.97.